The summed E-state index contributed by atoms with van der Waals surface area (Å²) in [5, 5.41) is 0.557. The molecular weight excluding hydrogens is 390 g/mol. The van der Waals surface area contributed by atoms with Crippen molar-refractivity contribution in [1.29, 1.82) is 0 Å². The second-order valence-corrected chi connectivity index (χ2v) is 8.91. The van der Waals surface area contributed by atoms with E-state index < -0.39 is 15.8 Å². The number of hydrogen-bond acceptors (Lipinski definition) is 7. The van der Waals surface area contributed by atoms with Crippen molar-refractivity contribution in [2.24, 2.45) is 0 Å². The number of rotatable bonds is 6. The Balaban J connectivity index is 1.80. The zero-order valence-electron chi connectivity index (χ0n) is 14.9. The Labute approximate surface area is 161 Å². The SMILES string of the molecule is COC(=O)/C=C1/SCC(=O)N1CCCn1c(S(C)(=O)=O)nc2ccccc21. The van der Waals surface area contributed by atoms with Gasteiger partial charge in [-0.1, -0.05) is 23.9 Å². The molecule has 8 nitrogen and oxygen atoms in total. The number of thioether (sulfide) groups is 1. The number of aromatic nitrogens is 2. The van der Waals surface area contributed by atoms with Crippen LogP contribution in [-0.2, 0) is 30.7 Å². The number of carbonyl (C=O) groups is 2. The van der Waals surface area contributed by atoms with Crippen molar-refractivity contribution in [2.75, 3.05) is 25.7 Å². The van der Waals surface area contributed by atoms with Crippen molar-refractivity contribution in [3.05, 3.63) is 35.4 Å². The first-order valence-corrected chi connectivity index (χ1v) is 11.1. The largest absolute Gasteiger partial charge is 0.466 e. The lowest BCUT2D eigenvalue weighted by atomic mass is 10.3. The highest BCUT2D eigenvalue weighted by molar-refractivity contribution is 8.04. The fourth-order valence-corrected chi connectivity index (χ4v) is 4.68. The molecule has 0 aliphatic carbocycles. The zero-order valence-corrected chi connectivity index (χ0v) is 16.5. The van der Waals surface area contributed by atoms with E-state index in [-0.39, 0.29) is 16.8 Å². The molecule has 27 heavy (non-hydrogen) atoms. The zero-order chi connectivity index (χ0) is 19.6. The van der Waals surface area contributed by atoms with Crippen LogP contribution in [-0.4, -0.2) is 60.4 Å². The van der Waals surface area contributed by atoms with Gasteiger partial charge in [0.2, 0.25) is 20.9 Å². The molecule has 10 heteroatoms. The number of methoxy groups -OCH3 is 1. The van der Waals surface area contributed by atoms with Gasteiger partial charge in [0.25, 0.3) is 0 Å². The molecule has 1 amide bonds. The minimum Gasteiger partial charge on any atom is -0.466 e. The molecule has 1 fully saturated rings. The molecule has 0 atom stereocenters. The highest BCUT2D eigenvalue weighted by Gasteiger charge is 2.27. The Kier molecular flexibility index (Phi) is 5.56. The van der Waals surface area contributed by atoms with E-state index >= 15 is 0 Å². The molecule has 2 heterocycles. The van der Waals surface area contributed by atoms with Crippen LogP contribution in [0.3, 0.4) is 0 Å². The van der Waals surface area contributed by atoms with Crippen LogP contribution in [0, 0.1) is 0 Å². The summed E-state index contributed by atoms with van der Waals surface area (Å²) in [5.41, 5.74) is 1.34. The van der Waals surface area contributed by atoms with Gasteiger partial charge in [0.05, 0.1) is 35.0 Å². The van der Waals surface area contributed by atoms with E-state index in [1.54, 1.807) is 16.7 Å². The van der Waals surface area contributed by atoms with E-state index in [1.807, 2.05) is 12.1 Å². The molecule has 0 bridgehead atoms. The van der Waals surface area contributed by atoms with Gasteiger partial charge in [-0.05, 0) is 18.6 Å². The van der Waals surface area contributed by atoms with Crippen molar-refractivity contribution >= 4 is 44.5 Å². The molecule has 0 saturated carbocycles. The molecule has 144 valence electrons. The van der Waals surface area contributed by atoms with Crippen LogP contribution in [0.2, 0.25) is 0 Å². The molecule has 0 N–H and O–H groups in total. The lowest BCUT2D eigenvalue weighted by Crippen LogP contribution is -2.27. The number of hydrogen-bond donors (Lipinski definition) is 0. The van der Waals surface area contributed by atoms with Gasteiger partial charge >= 0.3 is 5.97 Å². The quantitative estimate of drug-likeness (QED) is 0.526. The Bertz CT molecular complexity index is 1030. The summed E-state index contributed by atoms with van der Waals surface area (Å²) in [4.78, 5) is 29.3. The average molecular weight is 409 g/mol. The fraction of sp³-hybridized carbons (Fsp3) is 0.353. The summed E-state index contributed by atoms with van der Waals surface area (Å²) in [6.45, 7) is 0.743. The van der Waals surface area contributed by atoms with E-state index in [9.17, 15) is 18.0 Å². The van der Waals surface area contributed by atoms with E-state index in [0.717, 1.165) is 11.8 Å². The van der Waals surface area contributed by atoms with E-state index in [2.05, 4.69) is 9.72 Å². The van der Waals surface area contributed by atoms with Crippen LogP contribution in [0.15, 0.2) is 40.5 Å². The second-order valence-electron chi connectivity index (χ2n) is 6.00. The monoisotopic (exact) mass is 409 g/mol. The third kappa shape index (κ3) is 4.16. The van der Waals surface area contributed by atoms with Gasteiger partial charge in [0.1, 0.15) is 0 Å². The molecule has 1 aliphatic heterocycles. The molecule has 1 aromatic carbocycles. The van der Waals surface area contributed by atoms with Crippen molar-refractivity contribution < 1.29 is 22.7 Å². The number of para-hydroxylation sites is 2. The lowest BCUT2D eigenvalue weighted by molar-refractivity contribution is -0.134. The maximum Gasteiger partial charge on any atom is 0.333 e. The molecular formula is C17H19N3O5S2. The van der Waals surface area contributed by atoms with Crippen molar-refractivity contribution in [3.63, 3.8) is 0 Å². The molecule has 3 rings (SSSR count). The second kappa shape index (κ2) is 7.73. The van der Waals surface area contributed by atoms with Crippen LogP contribution in [0.25, 0.3) is 11.0 Å². The molecule has 0 radical (unpaired) electrons. The third-order valence-corrected chi connectivity index (χ3v) is 6.07. The topological polar surface area (TPSA) is 98.6 Å². The first-order valence-electron chi connectivity index (χ1n) is 8.19. The third-order valence-electron chi connectivity index (χ3n) is 4.07. The van der Waals surface area contributed by atoms with E-state index in [4.69, 9.17) is 0 Å². The number of aryl methyl sites for hydroxylation is 1. The standard InChI is InChI=1S/C17H19N3O5S2/c1-25-16(22)10-15-20(14(21)11-26-15)9-5-8-19-13-7-4-3-6-12(13)18-17(19)27(2,23)24/h3-4,6-7,10H,5,8-9,11H2,1-2H3/b15-10+. The maximum absolute atomic E-state index is 12.1. The highest BCUT2D eigenvalue weighted by atomic mass is 32.2. The maximum atomic E-state index is 12.1. The van der Waals surface area contributed by atoms with E-state index in [1.165, 1.54) is 29.8 Å². The van der Waals surface area contributed by atoms with Crippen LogP contribution in [0.1, 0.15) is 6.42 Å². The van der Waals surface area contributed by atoms with Gasteiger partial charge in [0, 0.05) is 19.3 Å². The average Bonchev–Trinajstić information content (AvgIpc) is 3.17. The number of imidazole rings is 1. The molecule has 0 unspecified atom stereocenters. The molecule has 0 spiro atoms. The summed E-state index contributed by atoms with van der Waals surface area (Å²) in [5.74, 6) is -0.336. The van der Waals surface area contributed by atoms with Gasteiger partial charge in [-0.3, -0.25) is 4.79 Å². The van der Waals surface area contributed by atoms with Crippen LogP contribution in [0.4, 0.5) is 0 Å². The Morgan fingerprint density at radius 1 is 1.33 bits per heavy atom. The summed E-state index contributed by atoms with van der Waals surface area (Å²) >= 11 is 1.28. The van der Waals surface area contributed by atoms with Crippen molar-refractivity contribution in [2.45, 2.75) is 18.1 Å². The van der Waals surface area contributed by atoms with Crippen molar-refractivity contribution in [1.82, 2.24) is 14.5 Å². The number of amides is 1. The molecule has 1 aromatic heterocycles. The summed E-state index contributed by atoms with van der Waals surface area (Å²) in [6.07, 6.45) is 2.93. The highest BCUT2D eigenvalue weighted by Crippen LogP contribution is 2.29. The number of esters is 1. The fourth-order valence-electron chi connectivity index (χ4n) is 2.87. The number of carbonyl (C=O) groups excluding carboxylic acids is 2. The predicted octanol–water partition coefficient (Wildman–Crippen LogP) is 1.42. The van der Waals surface area contributed by atoms with Gasteiger partial charge in [-0.25, -0.2) is 18.2 Å². The van der Waals surface area contributed by atoms with Crippen molar-refractivity contribution in [3.8, 4) is 0 Å². The summed E-state index contributed by atoms with van der Waals surface area (Å²) in [7, 11) is -2.21. The predicted molar refractivity (Wildman–Crippen MR) is 102 cm³/mol. The van der Waals surface area contributed by atoms with Crippen LogP contribution >= 0.6 is 11.8 Å². The summed E-state index contributed by atoms with van der Waals surface area (Å²) in [6, 6.07) is 7.20. The van der Waals surface area contributed by atoms with Gasteiger partial charge in [0.15, 0.2) is 0 Å². The summed E-state index contributed by atoms with van der Waals surface area (Å²) < 4.78 is 30.4. The Morgan fingerprint density at radius 3 is 2.78 bits per heavy atom. The van der Waals surface area contributed by atoms with Gasteiger partial charge in [-0.15, -0.1) is 0 Å². The van der Waals surface area contributed by atoms with Gasteiger partial charge in [-0.2, -0.15) is 0 Å². The Hall–Kier alpha value is -2.33. The molecule has 1 saturated heterocycles. The number of ether oxygens (including phenoxy) is 1. The first-order chi connectivity index (χ1) is 12.8. The molecule has 1 aliphatic rings. The number of benzene rings is 1. The molecule has 2 aromatic rings. The minimum atomic E-state index is -3.49. The number of fused-ring (bicyclic) bond motifs is 1. The van der Waals surface area contributed by atoms with Gasteiger partial charge < -0.3 is 14.2 Å². The number of nitrogens with zero attached hydrogens (tertiary/aromatic N) is 3. The smallest absolute Gasteiger partial charge is 0.333 e. The van der Waals surface area contributed by atoms with E-state index in [0.29, 0.717) is 30.1 Å². The number of sulfone groups is 1. The lowest BCUT2D eigenvalue weighted by Gasteiger charge is -2.17. The first kappa shape index (κ1) is 19.4. The normalized spacial score (nSPS) is 16.4. The van der Waals surface area contributed by atoms with Crippen LogP contribution in [0.5, 0.6) is 0 Å². The van der Waals surface area contributed by atoms with Crippen LogP contribution < -0.4 is 0 Å². The minimum absolute atomic E-state index is 0.0103. The Morgan fingerprint density at radius 2 is 2.07 bits per heavy atom.